The fourth-order valence-electron chi connectivity index (χ4n) is 1.63. The predicted octanol–water partition coefficient (Wildman–Crippen LogP) is 3.81. The van der Waals surface area contributed by atoms with Crippen molar-refractivity contribution in [2.24, 2.45) is 0 Å². The minimum absolute atomic E-state index is 0.0969. The zero-order chi connectivity index (χ0) is 13.9. The van der Waals surface area contributed by atoms with Crippen molar-refractivity contribution in [1.29, 1.82) is 0 Å². The number of benzene rings is 2. The Morgan fingerprint density at radius 1 is 1.00 bits per heavy atom. The van der Waals surface area contributed by atoms with Crippen molar-refractivity contribution in [1.82, 2.24) is 0 Å². The molecule has 1 atom stereocenters. The summed E-state index contributed by atoms with van der Waals surface area (Å²) in [5, 5.41) is 0.482. The first kappa shape index (κ1) is 14.1. The summed E-state index contributed by atoms with van der Waals surface area (Å²) in [6, 6.07) is 15.1. The lowest BCUT2D eigenvalue weighted by molar-refractivity contribution is 0.234. The summed E-state index contributed by atoms with van der Waals surface area (Å²) in [5.41, 5.74) is 0.806. The lowest BCUT2D eigenvalue weighted by Gasteiger charge is -2.13. The zero-order valence-corrected chi connectivity index (χ0v) is 11.9. The highest BCUT2D eigenvalue weighted by molar-refractivity contribution is 7.86. The van der Waals surface area contributed by atoms with E-state index >= 15 is 0 Å². The Morgan fingerprint density at radius 3 is 2.16 bits per heavy atom. The second-order valence-corrected chi connectivity index (χ2v) is 6.07. The highest BCUT2D eigenvalue weighted by Crippen LogP contribution is 2.23. The summed E-state index contributed by atoms with van der Waals surface area (Å²) in [4.78, 5) is 0.0969. The molecular formula is C14H13ClO3S. The summed E-state index contributed by atoms with van der Waals surface area (Å²) in [5.74, 6) is 0. The molecule has 0 saturated heterocycles. The highest BCUT2D eigenvalue weighted by Gasteiger charge is 2.19. The third-order valence-electron chi connectivity index (χ3n) is 2.64. The van der Waals surface area contributed by atoms with Gasteiger partial charge in [-0.1, -0.05) is 41.9 Å². The van der Waals surface area contributed by atoms with E-state index in [1.54, 1.807) is 6.92 Å². The van der Waals surface area contributed by atoms with E-state index in [1.807, 2.05) is 30.3 Å². The molecule has 0 fully saturated rings. The molecule has 0 aliphatic heterocycles. The van der Waals surface area contributed by atoms with Gasteiger partial charge in [-0.3, -0.25) is 4.18 Å². The lowest BCUT2D eigenvalue weighted by atomic mass is 10.1. The minimum Gasteiger partial charge on any atom is -0.258 e. The third-order valence-corrected chi connectivity index (χ3v) is 4.29. The molecular weight excluding hydrogens is 284 g/mol. The van der Waals surface area contributed by atoms with Gasteiger partial charge in [0, 0.05) is 5.02 Å². The van der Waals surface area contributed by atoms with Gasteiger partial charge in [-0.05, 0) is 36.8 Å². The van der Waals surface area contributed by atoms with E-state index in [0.717, 1.165) is 5.56 Å². The van der Waals surface area contributed by atoms with Crippen molar-refractivity contribution < 1.29 is 12.6 Å². The van der Waals surface area contributed by atoms with Crippen molar-refractivity contribution in [3.63, 3.8) is 0 Å². The summed E-state index contributed by atoms with van der Waals surface area (Å²) in [6.07, 6.45) is -0.540. The van der Waals surface area contributed by atoms with Gasteiger partial charge in [0.2, 0.25) is 0 Å². The van der Waals surface area contributed by atoms with E-state index in [0.29, 0.717) is 5.02 Å². The van der Waals surface area contributed by atoms with Gasteiger partial charge in [0.25, 0.3) is 10.1 Å². The maximum Gasteiger partial charge on any atom is 0.297 e. The maximum absolute atomic E-state index is 12.1. The summed E-state index contributed by atoms with van der Waals surface area (Å²) in [7, 11) is -3.78. The van der Waals surface area contributed by atoms with Gasteiger partial charge in [-0.2, -0.15) is 8.42 Å². The first-order valence-electron chi connectivity index (χ1n) is 5.73. The number of hydrogen-bond donors (Lipinski definition) is 0. The van der Waals surface area contributed by atoms with Crippen LogP contribution in [0.3, 0.4) is 0 Å². The average Bonchev–Trinajstić information content (AvgIpc) is 2.40. The third kappa shape index (κ3) is 3.56. The van der Waals surface area contributed by atoms with Gasteiger partial charge >= 0.3 is 0 Å². The van der Waals surface area contributed by atoms with Crippen molar-refractivity contribution in [2.75, 3.05) is 0 Å². The fourth-order valence-corrected chi connectivity index (χ4v) is 2.82. The summed E-state index contributed by atoms with van der Waals surface area (Å²) in [6.45, 7) is 1.70. The van der Waals surface area contributed by atoms with Crippen molar-refractivity contribution in [3.05, 3.63) is 65.2 Å². The van der Waals surface area contributed by atoms with E-state index < -0.39 is 16.2 Å². The van der Waals surface area contributed by atoms with Crippen LogP contribution in [-0.2, 0) is 14.3 Å². The SMILES string of the molecule is CC(OS(=O)(=O)c1ccc(Cl)cc1)c1ccccc1. The van der Waals surface area contributed by atoms with Crippen LogP contribution >= 0.6 is 11.6 Å². The molecule has 0 aliphatic carbocycles. The Bertz CT molecular complexity index is 636. The Balaban J connectivity index is 2.20. The Hall–Kier alpha value is -1.36. The Labute approximate surface area is 117 Å². The first-order valence-corrected chi connectivity index (χ1v) is 7.51. The molecule has 0 amide bonds. The molecule has 0 spiro atoms. The quantitative estimate of drug-likeness (QED) is 0.806. The molecule has 1 unspecified atom stereocenters. The smallest absolute Gasteiger partial charge is 0.258 e. The molecule has 5 heteroatoms. The van der Waals surface area contributed by atoms with Crippen molar-refractivity contribution >= 4 is 21.7 Å². The van der Waals surface area contributed by atoms with Gasteiger partial charge in [-0.25, -0.2) is 0 Å². The summed E-state index contributed by atoms with van der Waals surface area (Å²) < 4.78 is 29.3. The molecule has 100 valence electrons. The van der Waals surface area contributed by atoms with Crippen LogP contribution in [0.4, 0.5) is 0 Å². The van der Waals surface area contributed by atoms with Gasteiger partial charge in [0.15, 0.2) is 0 Å². The van der Waals surface area contributed by atoms with Crippen LogP contribution in [0, 0.1) is 0 Å². The van der Waals surface area contributed by atoms with Crippen LogP contribution in [0.5, 0.6) is 0 Å². The van der Waals surface area contributed by atoms with E-state index in [9.17, 15) is 8.42 Å². The predicted molar refractivity (Wildman–Crippen MR) is 74.6 cm³/mol. The van der Waals surface area contributed by atoms with Crippen molar-refractivity contribution in [3.8, 4) is 0 Å². The van der Waals surface area contributed by atoms with Crippen LogP contribution < -0.4 is 0 Å². The molecule has 0 aromatic heterocycles. The van der Waals surface area contributed by atoms with Gasteiger partial charge in [0.1, 0.15) is 0 Å². The lowest BCUT2D eigenvalue weighted by Crippen LogP contribution is -2.10. The number of hydrogen-bond acceptors (Lipinski definition) is 3. The second kappa shape index (κ2) is 5.74. The molecule has 0 heterocycles. The number of rotatable bonds is 4. The van der Waals surface area contributed by atoms with Gasteiger partial charge in [-0.15, -0.1) is 0 Å². The van der Waals surface area contributed by atoms with Crippen LogP contribution in [0.1, 0.15) is 18.6 Å². The van der Waals surface area contributed by atoms with Crippen LogP contribution in [0.25, 0.3) is 0 Å². The monoisotopic (exact) mass is 296 g/mol. The topological polar surface area (TPSA) is 43.4 Å². The molecule has 3 nitrogen and oxygen atoms in total. The Kier molecular flexibility index (Phi) is 4.24. The molecule has 19 heavy (non-hydrogen) atoms. The molecule has 2 aromatic rings. The normalized spacial score (nSPS) is 13.2. The average molecular weight is 297 g/mol. The molecule has 0 saturated carbocycles. The summed E-state index contributed by atoms with van der Waals surface area (Å²) >= 11 is 5.73. The maximum atomic E-state index is 12.1. The molecule has 0 N–H and O–H groups in total. The molecule has 0 bridgehead atoms. The van der Waals surface area contributed by atoms with Crippen molar-refractivity contribution in [2.45, 2.75) is 17.9 Å². The van der Waals surface area contributed by atoms with Gasteiger partial charge < -0.3 is 0 Å². The Morgan fingerprint density at radius 2 is 1.58 bits per heavy atom. The fraction of sp³-hybridized carbons (Fsp3) is 0.143. The van der Waals surface area contributed by atoms with Crippen LogP contribution in [0.2, 0.25) is 5.02 Å². The highest BCUT2D eigenvalue weighted by atomic mass is 35.5. The second-order valence-electron chi connectivity index (χ2n) is 4.06. The standard InChI is InChI=1S/C14H13ClO3S/c1-11(12-5-3-2-4-6-12)18-19(16,17)14-9-7-13(15)8-10-14/h2-11H,1H3. The molecule has 0 aliphatic rings. The van der Waals surface area contributed by atoms with Crippen LogP contribution in [0.15, 0.2) is 59.5 Å². The van der Waals surface area contributed by atoms with Crippen LogP contribution in [-0.4, -0.2) is 8.42 Å². The largest absolute Gasteiger partial charge is 0.297 e. The molecule has 2 aromatic carbocycles. The first-order chi connectivity index (χ1) is 8.99. The molecule has 2 rings (SSSR count). The zero-order valence-electron chi connectivity index (χ0n) is 10.3. The van der Waals surface area contributed by atoms with E-state index in [1.165, 1.54) is 24.3 Å². The van der Waals surface area contributed by atoms with E-state index in [2.05, 4.69) is 0 Å². The van der Waals surface area contributed by atoms with Gasteiger partial charge in [0.05, 0.1) is 11.0 Å². The minimum atomic E-state index is -3.78. The van der Waals surface area contributed by atoms with E-state index in [-0.39, 0.29) is 4.90 Å². The van der Waals surface area contributed by atoms with E-state index in [4.69, 9.17) is 15.8 Å². The molecule has 0 radical (unpaired) electrons. The number of halogens is 1.